The van der Waals surface area contributed by atoms with Gasteiger partial charge in [-0.3, -0.25) is 0 Å². The zero-order valence-electron chi connectivity index (χ0n) is 19.3. The molecular formula is C24H25F3N2O6. The molecule has 0 radical (unpaired) electrons. The Labute approximate surface area is 200 Å². The number of carbonyl (C=O) groups is 2. The lowest BCUT2D eigenvalue weighted by atomic mass is 9.95. The average Bonchev–Trinajstić information content (AvgIpc) is 2.81. The minimum atomic E-state index is -4.46. The second kappa shape index (κ2) is 11.1. The van der Waals surface area contributed by atoms with Crippen LogP contribution in [0.3, 0.4) is 0 Å². The van der Waals surface area contributed by atoms with Gasteiger partial charge in [0.25, 0.3) is 0 Å². The zero-order valence-corrected chi connectivity index (χ0v) is 19.3. The van der Waals surface area contributed by atoms with E-state index in [4.69, 9.17) is 18.9 Å². The van der Waals surface area contributed by atoms with Crippen molar-refractivity contribution in [3.8, 4) is 11.5 Å². The number of halogens is 3. The van der Waals surface area contributed by atoms with Gasteiger partial charge >= 0.3 is 18.2 Å². The van der Waals surface area contributed by atoms with E-state index in [1.807, 2.05) is 0 Å². The highest BCUT2D eigenvalue weighted by Crippen LogP contribution is 2.35. The third kappa shape index (κ3) is 6.44. The fourth-order valence-electron chi connectivity index (χ4n) is 3.49. The maximum absolute atomic E-state index is 13.0. The van der Waals surface area contributed by atoms with Gasteiger partial charge in [0.05, 0.1) is 30.9 Å². The molecule has 1 aliphatic rings. The summed E-state index contributed by atoms with van der Waals surface area (Å²) in [4.78, 5) is 24.8. The minimum Gasteiger partial charge on any atom is -0.493 e. The third-order valence-electron chi connectivity index (χ3n) is 5.18. The normalized spacial score (nSPS) is 15.8. The number of alkyl halides is 3. The summed E-state index contributed by atoms with van der Waals surface area (Å²) < 4.78 is 60.1. The van der Waals surface area contributed by atoms with Gasteiger partial charge in [0.15, 0.2) is 11.5 Å². The molecule has 0 unspecified atom stereocenters. The number of esters is 1. The molecule has 0 aromatic heterocycles. The second-order valence-electron chi connectivity index (χ2n) is 7.60. The molecule has 8 nitrogen and oxygen atoms in total. The van der Waals surface area contributed by atoms with Gasteiger partial charge in [-0.1, -0.05) is 18.2 Å². The van der Waals surface area contributed by atoms with E-state index >= 15 is 0 Å². The molecule has 0 spiro atoms. The maximum Gasteiger partial charge on any atom is 0.416 e. The van der Waals surface area contributed by atoms with Crippen LogP contribution >= 0.6 is 0 Å². The van der Waals surface area contributed by atoms with E-state index in [2.05, 4.69) is 10.6 Å². The van der Waals surface area contributed by atoms with Crippen LogP contribution in [-0.2, 0) is 27.1 Å². The summed E-state index contributed by atoms with van der Waals surface area (Å²) in [6.07, 6.45) is -4.46. The van der Waals surface area contributed by atoms with Gasteiger partial charge < -0.3 is 29.6 Å². The maximum atomic E-state index is 13.0. The van der Waals surface area contributed by atoms with E-state index in [-0.39, 0.29) is 36.9 Å². The van der Waals surface area contributed by atoms with Crippen molar-refractivity contribution in [3.63, 3.8) is 0 Å². The van der Waals surface area contributed by atoms with Crippen LogP contribution in [0.5, 0.6) is 11.5 Å². The van der Waals surface area contributed by atoms with Gasteiger partial charge in [0.2, 0.25) is 0 Å². The molecule has 3 rings (SSSR count). The van der Waals surface area contributed by atoms with Crippen molar-refractivity contribution in [3.05, 3.63) is 70.4 Å². The van der Waals surface area contributed by atoms with Crippen molar-refractivity contribution >= 4 is 12.0 Å². The molecule has 1 aliphatic heterocycles. The van der Waals surface area contributed by atoms with Gasteiger partial charge in [-0.2, -0.15) is 13.2 Å². The predicted octanol–water partition coefficient (Wildman–Crippen LogP) is 4.11. The van der Waals surface area contributed by atoms with Crippen molar-refractivity contribution < 1.29 is 41.7 Å². The Bertz CT molecular complexity index is 1120. The molecule has 2 aromatic rings. The first-order valence-corrected chi connectivity index (χ1v) is 10.5. The van der Waals surface area contributed by atoms with Crippen LogP contribution in [0.1, 0.15) is 29.7 Å². The lowest BCUT2D eigenvalue weighted by molar-refractivity contribution is -0.141. The standard InChI is InChI=1S/C24H25F3N2O6/c1-14-20(22(30)34-10-9-32-2)21(29-23(31)28-14)16-7-8-18(19(12-16)33-3)35-13-15-5-4-6-17(11-15)24(25,26)27/h4-8,11-12,21H,9-10,13H2,1-3H3,(H2,28,29,31)/t21-/m0/s1. The van der Waals surface area contributed by atoms with Crippen LogP contribution < -0.4 is 20.1 Å². The third-order valence-corrected chi connectivity index (χ3v) is 5.18. The molecule has 11 heteroatoms. The van der Waals surface area contributed by atoms with Gasteiger partial charge in [-0.15, -0.1) is 0 Å². The number of urea groups is 1. The van der Waals surface area contributed by atoms with Crippen molar-refractivity contribution in [2.75, 3.05) is 27.4 Å². The van der Waals surface area contributed by atoms with Crippen molar-refractivity contribution in [1.82, 2.24) is 10.6 Å². The lowest BCUT2D eigenvalue weighted by Gasteiger charge is -2.28. The number of hydrogen-bond acceptors (Lipinski definition) is 6. The van der Waals surface area contributed by atoms with Crippen molar-refractivity contribution in [2.45, 2.75) is 25.7 Å². The smallest absolute Gasteiger partial charge is 0.416 e. The van der Waals surface area contributed by atoms with Gasteiger partial charge in [0.1, 0.15) is 13.2 Å². The number of ether oxygens (including phenoxy) is 4. The minimum absolute atomic E-state index is 0.0401. The Balaban J connectivity index is 1.83. The van der Waals surface area contributed by atoms with Crippen LogP contribution in [0.4, 0.5) is 18.0 Å². The first-order chi connectivity index (χ1) is 16.6. The Morgan fingerprint density at radius 1 is 1.06 bits per heavy atom. The first kappa shape index (κ1) is 25.9. The Morgan fingerprint density at radius 2 is 1.83 bits per heavy atom. The van der Waals surface area contributed by atoms with Gasteiger partial charge in [-0.05, 0) is 42.3 Å². The number of rotatable bonds is 9. The van der Waals surface area contributed by atoms with Crippen LogP contribution in [0.15, 0.2) is 53.7 Å². The molecule has 2 N–H and O–H groups in total. The molecule has 0 bridgehead atoms. The summed E-state index contributed by atoms with van der Waals surface area (Å²) in [5, 5.41) is 5.25. The van der Waals surface area contributed by atoms with Crippen LogP contribution in [0.2, 0.25) is 0 Å². The molecule has 0 saturated heterocycles. The average molecular weight is 494 g/mol. The summed E-state index contributed by atoms with van der Waals surface area (Å²) in [5.41, 5.74) is 0.623. The number of nitrogens with one attached hydrogen (secondary N) is 2. The van der Waals surface area contributed by atoms with E-state index in [0.717, 1.165) is 12.1 Å². The first-order valence-electron chi connectivity index (χ1n) is 10.5. The summed E-state index contributed by atoms with van der Waals surface area (Å²) >= 11 is 0. The summed E-state index contributed by atoms with van der Waals surface area (Å²) in [6, 6.07) is 8.26. The van der Waals surface area contributed by atoms with E-state index in [1.165, 1.54) is 26.4 Å². The molecule has 35 heavy (non-hydrogen) atoms. The predicted molar refractivity (Wildman–Crippen MR) is 119 cm³/mol. The van der Waals surface area contributed by atoms with Gasteiger partial charge in [-0.25, -0.2) is 9.59 Å². The molecule has 0 fully saturated rings. The number of carbonyl (C=O) groups excluding carboxylic acids is 2. The molecule has 2 amide bonds. The zero-order chi connectivity index (χ0) is 25.6. The second-order valence-corrected chi connectivity index (χ2v) is 7.60. The van der Waals surface area contributed by atoms with Crippen LogP contribution in [-0.4, -0.2) is 39.4 Å². The van der Waals surface area contributed by atoms with Crippen molar-refractivity contribution in [2.24, 2.45) is 0 Å². The van der Waals surface area contributed by atoms with E-state index in [1.54, 1.807) is 25.1 Å². The number of hydrogen-bond donors (Lipinski definition) is 2. The fourth-order valence-corrected chi connectivity index (χ4v) is 3.49. The highest BCUT2D eigenvalue weighted by molar-refractivity contribution is 5.95. The van der Waals surface area contributed by atoms with E-state index in [9.17, 15) is 22.8 Å². The van der Waals surface area contributed by atoms with Crippen molar-refractivity contribution in [1.29, 1.82) is 0 Å². The SMILES string of the molecule is COCCOC(=O)C1=C(C)NC(=O)N[C@H]1c1ccc(OCc2cccc(C(F)(F)F)c2)c(OC)c1. The number of allylic oxidation sites excluding steroid dienone is 1. The highest BCUT2D eigenvalue weighted by Gasteiger charge is 2.33. The topological polar surface area (TPSA) is 95.1 Å². The summed E-state index contributed by atoms with van der Waals surface area (Å²) in [6.45, 7) is 1.72. The van der Waals surface area contributed by atoms with Crippen LogP contribution in [0, 0.1) is 0 Å². The number of benzene rings is 2. The molecular weight excluding hydrogens is 469 g/mol. The monoisotopic (exact) mass is 494 g/mol. The summed E-state index contributed by atoms with van der Waals surface area (Å²) in [5.74, 6) is -0.0771. The molecule has 1 heterocycles. The highest BCUT2D eigenvalue weighted by atomic mass is 19.4. The van der Waals surface area contributed by atoms with Gasteiger partial charge in [0, 0.05) is 12.8 Å². The molecule has 188 valence electrons. The van der Waals surface area contributed by atoms with Crippen LogP contribution in [0.25, 0.3) is 0 Å². The molecule has 2 aromatic carbocycles. The van der Waals surface area contributed by atoms with E-state index in [0.29, 0.717) is 16.8 Å². The number of methoxy groups -OCH3 is 2. The molecule has 0 aliphatic carbocycles. The van der Waals surface area contributed by atoms with E-state index < -0.39 is 29.8 Å². The number of amides is 2. The molecule has 1 atom stereocenters. The Kier molecular flexibility index (Phi) is 8.23. The lowest BCUT2D eigenvalue weighted by Crippen LogP contribution is -2.45. The fraction of sp³-hybridized carbons (Fsp3) is 0.333. The summed E-state index contributed by atoms with van der Waals surface area (Å²) in [7, 11) is 2.88. The Hall–Kier alpha value is -3.73. The Morgan fingerprint density at radius 3 is 2.51 bits per heavy atom. The molecule has 0 saturated carbocycles. The largest absolute Gasteiger partial charge is 0.493 e. The quantitative estimate of drug-likeness (QED) is 0.403.